The standard InChI is InChI=1S/C85H85N7O4/c1-50-34-67-35-51(2)75(50)89-79(93)62-42-60(58-24-26-59(27-25-58)61-48-73(71-22-14-20-32-86-71)88-74(49-61)72-23-15-21-33-87-72)43-63(44-62)80(94)90-76-52(3)36-68(37-53(76)4)85(30-18-13-19-31-85)70-40-56(7)78(57(8)41-70)92-82(96)65-45-64(46-66(47-65)83(9,10)11)81(95)91-77-54(5)38-69(39-55(77)6)84(67)28-16-12-17-29-84/h14-15,20-27,32-49H,12-13,16-19,28-31H2,1-11H3,(H,89,93)(H,90,94)(H,91,95)(H,92,96). The third-order valence-corrected chi connectivity index (χ3v) is 20.7. The fraction of sp³-hybridized carbons (Fsp3) is 0.282. The van der Waals surface area contributed by atoms with Gasteiger partial charge in [0.2, 0.25) is 0 Å². The summed E-state index contributed by atoms with van der Waals surface area (Å²) >= 11 is 0. The largest absolute Gasteiger partial charge is 0.322 e. The number of nitrogens with zero attached hydrogens (tertiary/aromatic N) is 3. The minimum Gasteiger partial charge on any atom is -0.322 e. The second-order valence-electron chi connectivity index (χ2n) is 28.5. The van der Waals surface area contributed by atoms with Gasteiger partial charge in [-0.05, 0) is 254 Å². The van der Waals surface area contributed by atoms with Crippen LogP contribution in [-0.2, 0) is 16.2 Å². The van der Waals surface area contributed by atoms with Gasteiger partial charge in [0, 0.05) is 68.2 Å². The molecule has 484 valence electrons. The van der Waals surface area contributed by atoms with Gasteiger partial charge in [-0.15, -0.1) is 0 Å². The van der Waals surface area contributed by atoms with Gasteiger partial charge in [0.05, 0.1) is 22.8 Å². The van der Waals surface area contributed by atoms with Gasteiger partial charge in [-0.1, -0.05) is 144 Å². The number of anilines is 4. The van der Waals surface area contributed by atoms with Crippen LogP contribution in [-0.4, -0.2) is 38.6 Å². The fourth-order valence-electron chi connectivity index (χ4n) is 15.5. The topological polar surface area (TPSA) is 155 Å². The van der Waals surface area contributed by atoms with Crippen molar-refractivity contribution in [1.82, 2.24) is 15.0 Å². The molecule has 0 radical (unpaired) electrons. The molecule has 0 unspecified atom stereocenters. The summed E-state index contributed by atoms with van der Waals surface area (Å²) in [6.07, 6.45) is 13.8. The Kier molecular flexibility index (Phi) is 17.4. The van der Waals surface area contributed by atoms with Crippen LogP contribution in [0.15, 0.2) is 170 Å². The Morgan fingerprint density at radius 1 is 0.312 bits per heavy atom. The molecule has 2 aliphatic carbocycles. The molecule has 11 nitrogen and oxygen atoms in total. The Labute approximate surface area is 565 Å². The summed E-state index contributed by atoms with van der Waals surface area (Å²) in [6.45, 7) is 22.8. The monoisotopic (exact) mass is 1270 g/mol. The van der Waals surface area contributed by atoms with Gasteiger partial charge in [0.1, 0.15) is 0 Å². The van der Waals surface area contributed by atoms with E-state index >= 15 is 9.59 Å². The molecule has 10 aromatic rings. The highest BCUT2D eigenvalue weighted by molar-refractivity contribution is 6.12. The molecule has 7 aromatic carbocycles. The van der Waals surface area contributed by atoms with Crippen LogP contribution in [0.5, 0.6) is 0 Å². The lowest BCUT2D eigenvalue weighted by atomic mass is 9.64. The molecule has 2 spiro atoms. The maximum atomic E-state index is 15.2. The van der Waals surface area contributed by atoms with E-state index in [0.717, 1.165) is 176 Å². The summed E-state index contributed by atoms with van der Waals surface area (Å²) in [6, 6.07) is 52.9. The van der Waals surface area contributed by atoms with E-state index in [1.54, 1.807) is 24.5 Å². The molecule has 10 aliphatic heterocycles. The highest BCUT2D eigenvalue weighted by Crippen LogP contribution is 2.50. The molecule has 0 atom stereocenters. The number of carbonyl (C=O) groups excluding carboxylic acids is 4. The van der Waals surface area contributed by atoms with Crippen molar-refractivity contribution < 1.29 is 19.2 Å². The number of hydrogen-bond donors (Lipinski definition) is 4. The number of hydrogen-bond acceptors (Lipinski definition) is 7. The third-order valence-electron chi connectivity index (χ3n) is 20.7. The van der Waals surface area contributed by atoms with Gasteiger partial charge in [-0.2, -0.15) is 0 Å². The second kappa shape index (κ2) is 25.9. The van der Waals surface area contributed by atoms with E-state index in [0.29, 0.717) is 27.8 Å². The number of carbonyl (C=O) groups is 4. The predicted molar refractivity (Wildman–Crippen MR) is 390 cm³/mol. The Morgan fingerprint density at radius 3 is 0.875 bits per heavy atom. The summed E-state index contributed by atoms with van der Waals surface area (Å²) in [5.41, 5.74) is 23.0. The molecule has 96 heavy (non-hydrogen) atoms. The molecule has 3 aromatic heterocycles. The van der Waals surface area contributed by atoms with Crippen LogP contribution in [0.2, 0.25) is 0 Å². The molecule has 12 bridgehead atoms. The maximum Gasteiger partial charge on any atom is 0.255 e. The van der Waals surface area contributed by atoms with Crippen LogP contribution in [0.1, 0.15) is 199 Å². The van der Waals surface area contributed by atoms with Crippen molar-refractivity contribution >= 4 is 46.4 Å². The first-order valence-corrected chi connectivity index (χ1v) is 34.0. The van der Waals surface area contributed by atoms with Crippen LogP contribution in [0.3, 0.4) is 0 Å². The lowest BCUT2D eigenvalue weighted by Gasteiger charge is -2.40. The minimum atomic E-state index is -0.361. The van der Waals surface area contributed by atoms with Crippen LogP contribution in [0, 0.1) is 55.4 Å². The number of benzene rings is 7. The number of nitrogens with one attached hydrogen (secondary N) is 4. The van der Waals surface area contributed by atoms with Crippen LogP contribution in [0.4, 0.5) is 22.7 Å². The van der Waals surface area contributed by atoms with Crippen LogP contribution in [0.25, 0.3) is 45.0 Å². The Bertz CT molecular complexity index is 4390. The first-order valence-electron chi connectivity index (χ1n) is 34.0. The minimum absolute atomic E-state index is 0.280. The molecule has 2 fully saturated rings. The van der Waals surface area contributed by atoms with E-state index in [2.05, 4.69) is 168 Å². The van der Waals surface area contributed by atoms with Crippen molar-refractivity contribution in [2.24, 2.45) is 0 Å². The first-order chi connectivity index (χ1) is 46.0. The molecule has 2 saturated carbocycles. The Hall–Kier alpha value is -10.1. The van der Waals surface area contributed by atoms with E-state index in [9.17, 15) is 9.59 Å². The van der Waals surface area contributed by atoms with E-state index < -0.39 is 0 Å². The fourth-order valence-corrected chi connectivity index (χ4v) is 15.5. The van der Waals surface area contributed by atoms with Crippen molar-refractivity contribution in [2.45, 2.75) is 157 Å². The summed E-state index contributed by atoms with van der Waals surface area (Å²) in [5, 5.41) is 13.3. The molecule has 4 N–H and O–H groups in total. The lowest BCUT2D eigenvalue weighted by molar-refractivity contribution is 0.101. The smallest absolute Gasteiger partial charge is 0.255 e. The second-order valence-corrected chi connectivity index (χ2v) is 28.5. The third kappa shape index (κ3) is 12.6. The average Bonchev–Trinajstić information content (AvgIpc) is 0.759. The van der Waals surface area contributed by atoms with Crippen molar-refractivity contribution in [3.05, 3.63) is 265 Å². The molecular weight excluding hydrogens is 1180 g/mol. The number of amides is 4. The molecular formula is C85H85N7O4. The van der Waals surface area contributed by atoms with Gasteiger partial charge < -0.3 is 21.3 Å². The van der Waals surface area contributed by atoms with Gasteiger partial charge in [-0.25, -0.2) is 4.98 Å². The van der Waals surface area contributed by atoms with Crippen LogP contribution >= 0.6 is 0 Å². The van der Waals surface area contributed by atoms with E-state index in [1.165, 1.54) is 22.3 Å². The van der Waals surface area contributed by atoms with Gasteiger partial charge in [0.15, 0.2) is 0 Å². The molecule has 4 amide bonds. The summed E-state index contributed by atoms with van der Waals surface area (Å²) < 4.78 is 0. The Balaban J connectivity index is 0.929. The molecule has 13 heterocycles. The van der Waals surface area contributed by atoms with Crippen molar-refractivity contribution in [3.63, 3.8) is 0 Å². The summed E-state index contributed by atoms with van der Waals surface area (Å²) in [7, 11) is 0. The predicted octanol–water partition coefficient (Wildman–Crippen LogP) is 20.1. The molecule has 11 heteroatoms. The van der Waals surface area contributed by atoms with E-state index in [-0.39, 0.29) is 39.9 Å². The van der Waals surface area contributed by atoms with Crippen molar-refractivity contribution in [3.8, 4) is 45.0 Å². The molecule has 12 aliphatic rings. The number of pyridine rings is 3. The highest BCUT2D eigenvalue weighted by atomic mass is 16.2. The molecule has 0 saturated heterocycles. The van der Waals surface area contributed by atoms with Gasteiger partial charge in [-0.3, -0.25) is 29.1 Å². The lowest BCUT2D eigenvalue weighted by Crippen LogP contribution is -2.31. The normalized spacial score (nSPS) is 15.6. The first kappa shape index (κ1) is 64.6. The summed E-state index contributed by atoms with van der Waals surface area (Å²) in [4.78, 5) is 74.2. The van der Waals surface area contributed by atoms with Crippen LogP contribution < -0.4 is 21.3 Å². The van der Waals surface area contributed by atoms with E-state index in [4.69, 9.17) is 4.98 Å². The van der Waals surface area contributed by atoms with Gasteiger partial charge in [0.25, 0.3) is 23.6 Å². The zero-order valence-electron chi connectivity index (χ0n) is 57.2. The van der Waals surface area contributed by atoms with Crippen molar-refractivity contribution in [2.75, 3.05) is 21.3 Å². The Morgan fingerprint density at radius 2 is 0.594 bits per heavy atom. The highest BCUT2D eigenvalue weighted by Gasteiger charge is 2.39. The summed E-state index contributed by atoms with van der Waals surface area (Å²) in [5.74, 6) is -1.22. The zero-order valence-corrected chi connectivity index (χ0v) is 57.2. The number of rotatable bonds is 4. The zero-order chi connectivity index (χ0) is 67.4. The number of aromatic nitrogens is 3. The maximum absolute atomic E-state index is 15.2. The SMILES string of the molecule is Cc1cc2cc(C)c1NC(=O)c1cc(cc(-c3ccc(-c4cc(-c5ccccn5)nc(-c5ccccn5)c4)cc3)c1)C(=O)Nc1c(C)cc(cc1C)C1(CCCCC1)c1cc(C)c(c(C)c1)NC(=O)c1cc(cc(C(C)(C)C)c1)C(=O)Nc1c(C)cc(cc1C)C21CCCCC1. The molecule has 22 rings (SSSR count). The van der Waals surface area contributed by atoms with E-state index in [1.807, 2.05) is 84.9 Å². The average molecular weight is 1270 g/mol. The number of aryl methyl sites for hydroxylation is 8. The quantitative estimate of drug-likeness (QED) is 0.137. The van der Waals surface area contributed by atoms with Crippen molar-refractivity contribution in [1.29, 1.82) is 0 Å². The van der Waals surface area contributed by atoms with Gasteiger partial charge >= 0.3 is 0 Å².